The summed E-state index contributed by atoms with van der Waals surface area (Å²) in [6, 6.07) is 10.9. The molecule has 0 aromatic heterocycles. The van der Waals surface area contributed by atoms with E-state index in [9.17, 15) is 5.21 Å². The zero-order chi connectivity index (χ0) is 13.2. The number of oxime groups is 1. The van der Waals surface area contributed by atoms with E-state index in [0.717, 1.165) is 18.8 Å². The maximum absolute atomic E-state index is 9.33. The number of nitrogens with zero attached hydrogens (tertiary/aromatic N) is 2. The predicted molar refractivity (Wildman–Crippen MR) is 76.4 cm³/mol. The zero-order valence-electron chi connectivity index (χ0n) is 11.5. The number of fused-ring (bicyclic) bond motifs is 2. The molecular formula is C16H22N2O. The SMILES string of the molecule is CCN(Cc1ccccc1)[C@@H]1/C(=N\O)[C@H]2CC[C@@H]1C2. The van der Waals surface area contributed by atoms with Crippen molar-refractivity contribution in [3.8, 4) is 0 Å². The van der Waals surface area contributed by atoms with Crippen molar-refractivity contribution in [1.82, 2.24) is 4.90 Å². The molecule has 0 heterocycles. The highest BCUT2D eigenvalue weighted by Crippen LogP contribution is 2.45. The molecule has 19 heavy (non-hydrogen) atoms. The van der Waals surface area contributed by atoms with Gasteiger partial charge in [-0.1, -0.05) is 42.4 Å². The molecule has 1 aromatic rings. The van der Waals surface area contributed by atoms with Gasteiger partial charge in [0.15, 0.2) is 0 Å². The van der Waals surface area contributed by atoms with Gasteiger partial charge in [-0.05, 0) is 37.3 Å². The summed E-state index contributed by atoms with van der Waals surface area (Å²) in [4.78, 5) is 2.47. The molecule has 2 aliphatic carbocycles. The van der Waals surface area contributed by atoms with Crippen LogP contribution in [0.15, 0.2) is 35.5 Å². The third kappa shape index (κ3) is 2.27. The highest BCUT2D eigenvalue weighted by molar-refractivity contribution is 5.94. The molecule has 2 fully saturated rings. The summed E-state index contributed by atoms with van der Waals surface area (Å²) in [5.74, 6) is 1.23. The first-order chi connectivity index (χ1) is 9.33. The van der Waals surface area contributed by atoms with E-state index >= 15 is 0 Å². The molecule has 1 N–H and O–H groups in total. The molecule has 0 spiro atoms. The van der Waals surface area contributed by atoms with E-state index in [4.69, 9.17) is 0 Å². The van der Waals surface area contributed by atoms with Crippen molar-refractivity contribution in [2.24, 2.45) is 17.0 Å². The Kier molecular flexibility index (Phi) is 3.56. The second-order valence-electron chi connectivity index (χ2n) is 5.79. The maximum Gasteiger partial charge on any atom is 0.0775 e. The standard InChI is InChI=1S/C16H22N2O/c1-2-18(11-12-6-4-3-5-7-12)16-14-9-8-13(10-14)15(16)17-19/h3-7,13-14,16,19H,2,8-11H2,1H3/b17-15-/t13-,14+,16-/m0/s1. The van der Waals surface area contributed by atoms with E-state index in [1.54, 1.807) is 0 Å². The summed E-state index contributed by atoms with van der Waals surface area (Å²) in [7, 11) is 0. The van der Waals surface area contributed by atoms with Gasteiger partial charge in [0.25, 0.3) is 0 Å². The van der Waals surface area contributed by atoms with Crippen LogP contribution in [0.3, 0.4) is 0 Å². The van der Waals surface area contributed by atoms with E-state index in [-0.39, 0.29) is 0 Å². The lowest BCUT2D eigenvalue weighted by Crippen LogP contribution is -2.44. The fourth-order valence-corrected chi connectivity index (χ4v) is 3.91. The highest BCUT2D eigenvalue weighted by atomic mass is 16.4. The lowest BCUT2D eigenvalue weighted by atomic mass is 9.91. The van der Waals surface area contributed by atoms with Crippen LogP contribution in [-0.4, -0.2) is 28.4 Å². The Labute approximate surface area is 114 Å². The van der Waals surface area contributed by atoms with Crippen LogP contribution in [0.5, 0.6) is 0 Å². The van der Waals surface area contributed by atoms with Gasteiger partial charge in [0.05, 0.1) is 11.8 Å². The van der Waals surface area contributed by atoms with Gasteiger partial charge in [-0.25, -0.2) is 0 Å². The lowest BCUT2D eigenvalue weighted by molar-refractivity contribution is 0.192. The second kappa shape index (κ2) is 5.33. The summed E-state index contributed by atoms with van der Waals surface area (Å²) in [5, 5.41) is 13.0. The van der Waals surface area contributed by atoms with E-state index in [2.05, 4.69) is 47.3 Å². The zero-order valence-corrected chi connectivity index (χ0v) is 11.5. The van der Waals surface area contributed by atoms with Gasteiger partial charge < -0.3 is 5.21 Å². The third-order valence-electron chi connectivity index (χ3n) is 4.78. The minimum atomic E-state index is 0.356. The van der Waals surface area contributed by atoms with E-state index < -0.39 is 0 Å². The third-order valence-corrected chi connectivity index (χ3v) is 4.78. The number of hydrogen-bond donors (Lipinski definition) is 1. The van der Waals surface area contributed by atoms with E-state index in [0.29, 0.717) is 17.9 Å². The average molecular weight is 258 g/mol. The highest BCUT2D eigenvalue weighted by Gasteiger charge is 2.47. The molecule has 3 atom stereocenters. The number of benzene rings is 1. The number of hydrogen-bond acceptors (Lipinski definition) is 3. The molecule has 1 aromatic carbocycles. The van der Waals surface area contributed by atoms with Crippen molar-refractivity contribution in [3.63, 3.8) is 0 Å². The summed E-state index contributed by atoms with van der Waals surface area (Å²) in [5.41, 5.74) is 2.37. The molecule has 0 saturated heterocycles. The molecule has 0 aliphatic heterocycles. The molecule has 3 rings (SSSR count). The van der Waals surface area contributed by atoms with Crippen LogP contribution in [0.4, 0.5) is 0 Å². The normalized spacial score (nSPS) is 31.5. The van der Waals surface area contributed by atoms with Gasteiger partial charge in [0.1, 0.15) is 0 Å². The van der Waals surface area contributed by atoms with Crippen LogP contribution in [-0.2, 0) is 6.54 Å². The fraction of sp³-hybridized carbons (Fsp3) is 0.562. The van der Waals surface area contributed by atoms with E-state index in [1.807, 2.05) is 0 Å². The van der Waals surface area contributed by atoms with Gasteiger partial charge in [0, 0.05) is 12.5 Å². The van der Waals surface area contributed by atoms with Crippen molar-refractivity contribution in [2.75, 3.05) is 6.54 Å². The Bertz CT molecular complexity index is 457. The molecule has 102 valence electrons. The molecule has 2 bridgehead atoms. The molecule has 0 unspecified atom stereocenters. The smallest absolute Gasteiger partial charge is 0.0775 e. The summed E-state index contributed by atoms with van der Waals surface area (Å²) in [6.45, 7) is 4.15. The minimum absolute atomic E-state index is 0.356. The van der Waals surface area contributed by atoms with Crippen LogP contribution >= 0.6 is 0 Å². The van der Waals surface area contributed by atoms with Crippen LogP contribution in [0.2, 0.25) is 0 Å². The van der Waals surface area contributed by atoms with Gasteiger partial charge in [-0.15, -0.1) is 0 Å². The first kappa shape index (κ1) is 12.7. The van der Waals surface area contributed by atoms with Crippen LogP contribution < -0.4 is 0 Å². The average Bonchev–Trinajstić information content (AvgIpc) is 3.06. The molecule has 0 radical (unpaired) electrons. The predicted octanol–water partition coefficient (Wildman–Crippen LogP) is 3.14. The van der Waals surface area contributed by atoms with Gasteiger partial charge in [-0.3, -0.25) is 4.90 Å². The fourth-order valence-electron chi connectivity index (χ4n) is 3.91. The molecule has 2 aliphatic rings. The Morgan fingerprint density at radius 3 is 2.74 bits per heavy atom. The first-order valence-electron chi connectivity index (χ1n) is 7.33. The molecule has 3 nitrogen and oxygen atoms in total. The Hall–Kier alpha value is -1.35. The quantitative estimate of drug-likeness (QED) is 0.665. The Balaban J connectivity index is 1.79. The van der Waals surface area contributed by atoms with Crippen molar-refractivity contribution < 1.29 is 5.21 Å². The molecular weight excluding hydrogens is 236 g/mol. The lowest BCUT2D eigenvalue weighted by Gasteiger charge is -2.34. The van der Waals surface area contributed by atoms with Crippen LogP contribution in [0.1, 0.15) is 31.7 Å². The topological polar surface area (TPSA) is 35.8 Å². The van der Waals surface area contributed by atoms with Gasteiger partial charge >= 0.3 is 0 Å². The maximum atomic E-state index is 9.33. The van der Waals surface area contributed by atoms with Crippen molar-refractivity contribution in [3.05, 3.63) is 35.9 Å². The second-order valence-corrected chi connectivity index (χ2v) is 5.79. The molecule has 3 heteroatoms. The van der Waals surface area contributed by atoms with E-state index in [1.165, 1.54) is 24.8 Å². The largest absolute Gasteiger partial charge is 0.411 e. The van der Waals surface area contributed by atoms with Crippen molar-refractivity contribution in [2.45, 2.75) is 38.8 Å². The van der Waals surface area contributed by atoms with Crippen molar-refractivity contribution >= 4 is 5.71 Å². The number of rotatable bonds is 4. The first-order valence-corrected chi connectivity index (χ1v) is 7.33. The van der Waals surface area contributed by atoms with Crippen LogP contribution in [0.25, 0.3) is 0 Å². The summed E-state index contributed by atoms with van der Waals surface area (Å²) in [6.07, 6.45) is 3.72. The van der Waals surface area contributed by atoms with Gasteiger partial charge in [0.2, 0.25) is 0 Å². The molecule has 2 saturated carbocycles. The summed E-state index contributed by atoms with van der Waals surface area (Å²) >= 11 is 0. The monoisotopic (exact) mass is 258 g/mol. The molecule has 0 amide bonds. The minimum Gasteiger partial charge on any atom is -0.411 e. The van der Waals surface area contributed by atoms with Crippen molar-refractivity contribution in [1.29, 1.82) is 0 Å². The summed E-state index contributed by atoms with van der Waals surface area (Å²) < 4.78 is 0. The Morgan fingerprint density at radius 2 is 2.05 bits per heavy atom. The Morgan fingerprint density at radius 1 is 1.26 bits per heavy atom. The van der Waals surface area contributed by atoms with Gasteiger partial charge in [-0.2, -0.15) is 0 Å². The van der Waals surface area contributed by atoms with Crippen LogP contribution in [0, 0.1) is 11.8 Å².